The smallest absolute Gasteiger partial charge is 0.534 e. The number of hydrogen-bond donors (Lipinski definition) is 4. The molecule has 1 amide bonds. The molecule has 1 atom stereocenters. The van der Waals surface area contributed by atoms with Crippen molar-refractivity contribution < 1.29 is 24.4 Å². The number of thioether (sulfide) groups is 1. The van der Waals surface area contributed by atoms with Crippen molar-refractivity contribution in [2.24, 2.45) is 5.92 Å². The van der Waals surface area contributed by atoms with Gasteiger partial charge in [0.15, 0.2) is 0 Å². The lowest BCUT2D eigenvalue weighted by Gasteiger charge is -2.31. The molecule has 1 heterocycles. The quantitative estimate of drug-likeness (QED) is 0.375. The summed E-state index contributed by atoms with van der Waals surface area (Å²) in [4.78, 5) is 23.8. The van der Waals surface area contributed by atoms with Crippen LogP contribution in [0.1, 0.15) is 48.0 Å². The van der Waals surface area contributed by atoms with Crippen LogP contribution in [0.25, 0.3) is 0 Å². The zero-order valence-electron chi connectivity index (χ0n) is 16.7. The molecule has 0 spiro atoms. The van der Waals surface area contributed by atoms with Crippen LogP contribution in [0.4, 0.5) is 0 Å². The fourth-order valence-electron chi connectivity index (χ4n) is 4.18. The predicted octanol–water partition coefficient (Wildman–Crippen LogP) is 1.73. The van der Waals surface area contributed by atoms with E-state index >= 15 is 0 Å². The number of amides is 1. The Morgan fingerprint density at radius 2 is 2.03 bits per heavy atom. The van der Waals surface area contributed by atoms with Crippen molar-refractivity contribution in [3.8, 4) is 5.75 Å². The number of carbonyl (C=O) groups is 2. The standard InChI is InChI=1S/C20H29BN2O5S/c1-29-10-9-22-15-7-5-13(6-8-15)11-18(24)23-17-12-14-3-2-4-16(20(25)26)19(14)28-21(17)27/h2-4,13,15,17,22,27H,5-12H2,1H3,(H,23,24)(H,25,26)/t13-,15-,17-/m0/s1. The molecule has 0 unspecified atom stereocenters. The maximum atomic E-state index is 12.5. The maximum absolute atomic E-state index is 12.5. The third-order valence-electron chi connectivity index (χ3n) is 5.76. The van der Waals surface area contributed by atoms with Crippen LogP contribution >= 0.6 is 11.8 Å². The second-order valence-electron chi connectivity index (χ2n) is 7.85. The molecule has 4 N–H and O–H groups in total. The van der Waals surface area contributed by atoms with Crippen molar-refractivity contribution in [2.45, 2.75) is 50.5 Å². The summed E-state index contributed by atoms with van der Waals surface area (Å²) in [5.41, 5.74) is 0.701. The van der Waals surface area contributed by atoms with Gasteiger partial charge in [-0.1, -0.05) is 12.1 Å². The maximum Gasteiger partial charge on any atom is 0.547 e. The van der Waals surface area contributed by atoms with Gasteiger partial charge in [-0.05, 0) is 55.9 Å². The molecule has 0 radical (unpaired) electrons. The van der Waals surface area contributed by atoms with Crippen molar-refractivity contribution in [1.29, 1.82) is 0 Å². The second-order valence-corrected chi connectivity index (χ2v) is 8.84. The Labute approximate surface area is 176 Å². The normalized spacial score (nSPS) is 23.8. The topological polar surface area (TPSA) is 108 Å². The molecule has 0 saturated heterocycles. The van der Waals surface area contributed by atoms with E-state index in [4.69, 9.17) is 4.65 Å². The summed E-state index contributed by atoms with van der Waals surface area (Å²) in [5, 5.41) is 26.0. The van der Waals surface area contributed by atoms with Crippen LogP contribution in [0.2, 0.25) is 0 Å². The van der Waals surface area contributed by atoms with Gasteiger partial charge in [-0.2, -0.15) is 11.8 Å². The minimum atomic E-state index is -1.26. The lowest BCUT2D eigenvalue weighted by atomic mass is 9.72. The highest BCUT2D eigenvalue weighted by Gasteiger charge is 2.38. The number of carboxylic acids is 1. The monoisotopic (exact) mass is 420 g/mol. The average molecular weight is 420 g/mol. The molecule has 9 heteroatoms. The van der Waals surface area contributed by atoms with E-state index in [9.17, 15) is 19.7 Å². The van der Waals surface area contributed by atoms with E-state index in [2.05, 4.69) is 16.9 Å². The van der Waals surface area contributed by atoms with Crippen LogP contribution in [0.3, 0.4) is 0 Å². The Bertz CT molecular complexity index is 727. The van der Waals surface area contributed by atoms with Crippen LogP contribution in [0.5, 0.6) is 5.75 Å². The molecule has 1 aromatic carbocycles. The van der Waals surface area contributed by atoms with Crippen LogP contribution in [0, 0.1) is 5.92 Å². The molecule has 158 valence electrons. The molecule has 1 aliphatic carbocycles. The number of carbonyl (C=O) groups excluding carboxylic acids is 1. The number of nitrogens with one attached hydrogen (secondary N) is 2. The average Bonchev–Trinajstić information content (AvgIpc) is 2.69. The Hall–Kier alpha value is -1.71. The number of hydrogen-bond acceptors (Lipinski definition) is 6. The van der Waals surface area contributed by atoms with Gasteiger partial charge in [0, 0.05) is 24.8 Å². The number of aromatic carboxylic acids is 1. The molecule has 0 aromatic heterocycles. The third-order valence-corrected chi connectivity index (χ3v) is 6.37. The molecule has 3 rings (SSSR count). The molecule has 1 aliphatic heterocycles. The van der Waals surface area contributed by atoms with Crippen LogP contribution < -0.4 is 15.3 Å². The Morgan fingerprint density at radius 1 is 1.28 bits per heavy atom. The first-order valence-electron chi connectivity index (χ1n) is 10.2. The highest BCUT2D eigenvalue weighted by Crippen LogP contribution is 2.31. The molecule has 1 fully saturated rings. The zero-order chi connectivity index (χ0) is 20.8. The van der Waals surface area contributed by atoms with Gasteiger partial charge in [0.25, 0.3) is 0 Å². The highest BCUT2D eigenvalue weighted by molar-refractivity contribution is 7.98. The summed E-state index contributed by atoms with van der Waals surface area (Å²) >= 11 is 1.84. The van der Waals surface area contributed by atoms with E-state index in [1.165, 1.54) is 6.07 Å². The summed E-state index contributed by atoms with van der Waals surface area (Å²) in [6.45, 7) is 1.03. The molecule has 29 heavy (non-hydrogen) atoms. The first-order valence-corrected chi connectivity index (χ1v) is 11.6. The number of para-hydroxylation sites is 1. The van der Waals surface area contributed by atoms with Gasteiger partial charge in [-0.15, -0.1) is 0 Å². The molecule has 1 saturated carbocycles. The predicted molar refractivity (Wildman–Crippen MR) is 114 cm³/mol. The Kier molecular flexibility index (Phi) is 7.86. The Balaban J connectivity index is 1.48. The SMILES string of the molecule is CSCCN[C@H]1CC[C@H](CC(=O)N[C@H]2Cc3cccc(C(=O)O)c3OB2O)CC1. The van der Waals surface area contributed by atoms with Gasteiger partial charge in [-0.3, -0.25) is 4.79 Å². The molecule has 7 nitrogen and oxygen atoms in total. The molecule has 1 aromatic rings. The van der Waals surface area contributed by atoms with Crippen molar-refractivity contribution in [3.05, 3.63) is 29.3 Å². The zero-order valence-corrected chi connectivity index (χ0v) is 17.5. The van der Waals surface area contributed by atoms with Gasteiger partial charge < -0.3 is 25.4 Å². The number of benzene rings is 1. The van der Waals surface area contributed by atoms with Gasteiger partial charge in [-0.25, -0.2) is 4.79 Å². The number of fused-ring (bicyclic) bond motifs is 1. The van der Waals surface area contributed by atoms with E-state index in [1.807, 2.05) is 11.8 Å². The minimum Gasteiger partial charge on any atom is -0.534 e. The van der Waals surface area contributed by atoms with Crippen molar-refractivity contribution in [2.75, 3.05) is 18.6 Å². The van der Waals surface area contributed by atoms with E-state index < -0.39 is 19.0 Å². The highest BCUT2D eigenvalue weighted by atomic mass is 32.2. The summed E-state index contributed by atoms with van der Waals surface area (Å²) in [6, 6.07) is 5.40. The second kappa shape index (κ2) is 10.4. The van der Waals surface area contributed by atoms with Crippen LogP contribution in [-0.4, -0.2) is 59.7 Å². The largest absolute Gasteiger partial charge is 0.547 e. The molecular formula is C20H29BN2O5S. The summed E-state index contributed by atoms with van der Waals surface area (Å²) in [7, 11) is -1.26. The van der Waals surface area contributed by atoms with E-state index in [0.29, 0.717) is 30.4 Å². The lowest BCUT2D eigenvalue weighted by Crippen LogP contribution is -2.53. The van der Waals surface area contributed by atoms with E-state index in [1.54, 1.807) is 12.1 Å². The van der Waals surface area contributed by atoms with E-state index in [0.717, 1.165) is 38.0 Å². The minimum absolute atomic E-state index is 0.0224. The number of rotatable bonds is 8. The van der Waals surface area contributed by atoms with Gasteiger partial charge in [0.05, 0.1) is 11.5 Å². The van der Waals surface area contributed by atoms with Crippen molar-refractivity contribution >= 4 is 30.8 Å². The van der Waals surface area contributed by atoms with Crippen molar-refractivity contribution in [1.82, 2.24) is 10.6 Å². The third kappa shape index (κ3) is 5.90. The summed E-state index contributed by atoms with van der Waals surface area (Å²) in [6.07, 6.45) is 7.13. The first-order chi connectivity index (χ1) is 14.0. The molecular weight excluding hydrogens is 391 g/mol. The van der Waals surface area contributed by atoms with Gasteiger partial charge in [0.1, 0.15) is 5.75 Å². The molecule has 0 bridgehead atoms. The van der Waals surface area contributed by atoms with Gasteiger partial charge in [0.2, 0.25) is 5.91 Å². The Morgan fingerprint density at radius 3 is 2.72 bits per heavy atom. The van der Waals surface area contributed by atoms with Gasteiger partial charge >= 0.3 is 13.1 Å². The summed E-state index contributed by atoms with van der Waals surface area (Å²) in [5.74, 6) is -0.107. The summed E-state index contributed by atoms with van der Waals surface area (Å²) < 4.78 is 5.44. The number of carboxylic acid groups (broad SMARTS) is 1. The lowest BCUT2D eigenvalue weighted by molar-refractivity contribution is -0.122. The van der Waals surface area contributed by atoms with E-state index in [-0.39, 0.29) is 17.2 Å². The van der Waals surface area contributed by atoms with Crippen LogP contribution in [0.15, 0.2) is 18.2 Å². The van der Waals surface area contributed by atoms with Crippen molar-refractivity contribution in [3.63, 3.8) is 0 Å². The fraction of sp³-hybridized carbons (Fsp3) is 0.600. The van der Waals surface area contributed by atoms with Crippen LogP contribution in [-0.2, 0) is 11.2 Å². The molecule has 2 aliphatic rings. The fourth-order valence-corrected chi connectivity index (χ4v) is 4.50. The first kappa shape index (κ1) is 22.0.